The lowest BCUT2D eigenvalue weighted by molar-refractivity contribution is -0.119. The number of ether oxygens (including phenoxy) is 2. The third kappa shape index (κ3) is 4.31. The van der Waals surface area contributed by atoms with Gasteiger partial charge in [0.2, 0.25) is 11.8 Å². The van der Waals surface area contributed by atoms with E-state index in [1.54, 1.807) is 18.2 Å². The molecule has 3 aromatic rings. The molecule has 29 heavy (non-hydrogen) atoms. The third-order valence-corrected chi connectivity index (χ3v) is 4.58. The number of hydrogen-bond acceptors (Lipinski definition) is 5. The molecule has 2 aromatic carbocycles. The summed E-state index contributed by atoms with van der Waals surface area (Å²) in [4.78, 5) is 28.5. The van der Waals surface area contributed by atoms with E-state index in [9.17, 15) is 9.59 Å². The van der Waals surface area contributed by atoms with Crippen molar-refractivity contribution < 1.29 is 19.1 Å². The zero-order chi connectivity index (χ0) is 20.2. The van der Waals surface area contributed by atoms with Gasteiger partial charge in [-0.25, -0.2) is 4.98 Å². The van der Waals surface area contributed by atoms with Crippen molar-refractivity contribution in [3.8, 4) is 11.5 Å². The Hall–Kier alpha value is -3.55. The van der Waals surface area contributed by atoms with Crippen LogP contribution < -0.4 is 20.1 Å². The van der Waals surface area contributed by atoms with Crippen molar-refractivity contribution in [3.05, 3.63) is 48.3 Å². The Balaban J connectivity index is 1.51. The molecule has 1 aliphatic rings. The standard InChI is InChI=1S/C21H22N4O4/c1-14(26)22-9-8-20-24-16-4-2-3-5-17(16)25(20)13-21(27)23-15-6-7-18-19(12-15)29-11-10-28-18/h2-7,12H,8-11,13H2,1H3,(H,22,26)(H,23,27). The summed E-state index contributed by atoms with van der Waals surface area (Å²) < 4.78 is 13.0. The average Bonchev–Trinajstić information content (AvgIpc) is 3.05. The Bertz CT molecular complexity index is 1060. The predicted octanol–water partition coefficient (Wildman–Crippen LogP) is 2.12. The molecule has 0 saturated carbocycles. The van der Waals surface area contributed by atoms with Crippen molar-refractivity contribution in [2.24, 2.45) is 0 Å². The van der Waals surface area contributed by atoms with Crippen molar-refractivity contribution in [2.75, 3.05) is 25.1 Å². The highest BCUT2D eigenvalue weighted by Gasteiger charge is 2.16. The van der Waals surface area contributed by atoms with Crippen LogP contribution in [0.2, 0.25) is 0 Å². The van der Waals surface area contributed by atoms with Gasteiger partial charge in [-0.3, -0.25) is 9.59 Å². The van der Waals surface area contributed by atoms with Crippen LogP contribution in [0.5, 0.6) is 11.5 Å². The number of para-hydroxylation sites is 2. The SMILES string of the molecule is CC(=O)NCCc1nc2ccccc2n1CC(=O)Nc1ccc2c(c1)OCCO2. The fourth-order valence-corrected chi connectivity index (χ4v) is 3.31. The molecule has 2 amide bonds. The van der Waals surface area contributed by atoms with Gasteiger partial charge in [0, 0.05) is 31.6 Å². The van der Waals surface area contributed by atoms with Crippen LogP contribution in [-0.2, 0) is 22.6 Å². The summed E-state index contributed by atoms with van der Waals surface area (Å²) in [6.07, 6.45) is 0.533. The number of nitrogens with one attached hydrogen (secondary N) is 2. The minimum atomic E-state index is -0.175. The van der Waals surface area contributed by atoms with Gasteiger partial charge < -0.3 is 24.7 Å². The van der Waals surface area contributed by atoms with Crippen LogP contribution in [0.25, 0.3) is 11.0 Å². The number of anilines is 1. The molecule has 4 rings (SSSR count). The minimum Gasteiger partial charge on any atom is -0.486 e. The number of rotatable bonds is 6. The van der Waals surface area contributed by atoms with Crippen molar-refractivity contribution in [2.45, 2.75) is 19.9 Å². The molecule has 1 aliphatic heterocycles. The van der Waals surface area contributed by atoms with Gasteiger partial charge in [0.15, 0.2) is 11.5 Å². The number of amides is 2. The lowest BCUT2D eigenvalue weighted by atomic mass is 10.2. The molecule has 0 spiro atoms. The van der Waals surface area contributed by atoms with E-state index in [-0.39, 0.29) is 18.4 Å². The van der Waals surface area contributed by atoms with E-state index in [0.29, 0.717) is 43.4 Å². The first kappa shape index (κ1) is 18.8. The van der Waals surface area contributed by atoms with Gasteiger partial charge in [0.25, 0.3) is 0 Å². The van der Waals surface area contributed by atoms with Gasteiger partial charge in [-0.1, -0.05) is 12.1 Å². The molecule has 0 aliphatic carbocycles. The Kier molecular flexibility index (Phi) is 5.33. The molecule has 8 nitrogen and oxygen atoms in total. The predicted molar refractivity (Wildman–Crippen MR) is 108 cm³/mol. The summed E-state index contributed by atoms with van der Waals surface area (Å²) in [5.41, 5.74) is 2.34. The van der Waals surface area contributed by atoms with Gasteiger partial charge in [-0.2, -0.15) is 0 Å². The van der Waals surface area contributed by atoms with E-state index in [1.807, 2.05) is 28.8 Å². The Morgan fingerprint density at radius 1 is 1.10 bits per heavy atom. The van der Waals surface area contributed by atoms with E-state index >= 15 is 0 Å². The van der Waals surface area contributed by atoms with E-state index in [1.165, 1.54) is 6.92 Å². The summed E-state index contributed by atoms with van der Waals surface area (Å²) in [5.74, 6) is 1.78. The fraction of sp³-hybridized carbons (Fsp3) is 0.286. The summed E-state index contributed by atoms with van der Waals surface area (Å²) in [6, 6.07) is 13.0. The number of carbonyl (C=O) groups excluding carboxylic acids is 2. The van der Waals surface area contributed by atoms with Crippen LogP contribution in [0.4, 0.5) is 5.69 Å². The van der Waals surface area contributed by atoms with Crippen LogP contribution in [0.15, 0.2) is 42.5 Å². The lowest BCUT2D eigenvalue weighted by Gasteiger charge is -2.19. The first-order valence-electron chi connectivity index (χ1n) is 9.48. The monoisotopic (exact) mass is 394 g/mol. The van der Waals surface area contributed by atoms with E-state index in [4.69, 9.17) is 9.47 Å². The normalized spacial score (nSPS) is 12.6. The van der Waals surface area contributed by atoms with Crippen LogP contribution in [0.3, 0.4) is 0 Å². The maximum absolute atomic E-state index is 12.7. The van der Waals surface area contributed by atoms with E-state index in [0.717, 1.165) is 16.9 Å². The van der Waals surface area contributed by atoms with Crippen molar-refractivity contribution in [3.63, 3.8) is 0 Å². The largest absolute Gasteiger partial charge is 0.486 e. The summed E-state index contributed by atoms with van der Waals surface area (Å²) in [6.45, 7) is 3.06. The smallest absolute Gasteiger partial charge is 0.244 e. The van der Waals surface area contributed by atoms with Gasteiger partial charge in [-0.15, -0.1) is 0 Å². The van der Waals surface area contributed by atoms with Gasteiger partial charge in [0.1, 0.15) is 25.6 Å². The first-order valence-corrected chi connectivity index (χ1v) is 9.48. The Morgan fingerprint density at radius 2 is 1.90 bits per heavy atom. The number of nitrogens with zero attached hydrogens (tertiary/aromatic N) is 2. The van der Waals surface area contributed by atoms with Crippen LogP contribution in [0, 0.1) is 0 Å². The topological polar surface area (TPSA) is 94.5 Å². The Morgan fingerprint density at radius 3 is 2.72 bits per heavy atom. The molecule has 0 atom stereocenters. The maximum atomic E-state index is 12.7. The zero-order valence-electron chi connectivity index (χ0n) is 16.1. The van der Waals surface area contributed by atoms with E-state index in [2.05, 4.69) is 15.6 Å². The highest BCUT2D eigenvalue weighted by Crippen LogP contribution is 2.32. The maximum Gasteiger partial charge on any atom is 0.244 e. The second-order valence-electron chi connectivity index (χ2n) is 6.74. The first-order chi connectivity index (χ1) is 14.1. The molecular formula is C21H22N4O4. The molecule has 2 N–H and O–H groups in total. The van der Waals surface area contributed by atoms with Gasteiger partial charge in [-0.05, 0) is 24.3 Å². The number of aromatic nitrogens is 2. The van der Waals surface area contributed by atoms with Crippen molar-refractivity contribution in [1.82, 2.24) is 14.9 Å². The van der Waals surface area contributed by atoms with Gasteiger partial charge in [0.05, 0.1) is 11.0 Å². The highest BCUT2D eigenvalue weighted by molar-refractivity contribution is 5.92. The molecular weight excluding hydrogens is 372 g/mol. The Labute approximate surface area is 167 Å². The molecule has 1 aromatic heterocycles. The fourth-order valence-electron chi connectivity index (χ4n) is 3.31. The number of imidazole rings is 1. The number of benzene rings is 2. The highest BCUT2D eigenvalue weighted by atomic mass is 16.6. The number of fused-ring (bicyclic) bond motifs is 2. The molecule has 0 unspecified atom stereocenters. The minimum absolute atomic E-state index is 0.0935. The summed E-state index contributed by atoms with van der Waals surface area (Å²) in [5, 5.41) is 5.67. The average molecular weight is 394 g/mol. The molecule has 8 heteroatoms. The number of carbonyl (C=O) groups is 2. The molecule has 2 heterocycles. The zero-order valence-corrected chi connectivity index (χ0v) is 16.1. The van der Waals surface area contributed by atoms with Crippen LogP contribution in [0.1, 0.15) is 12.7 Å². The van der Waals surface area contributed by atoms with Crippen molar-refractivity contribution >= 4 is 28.5 Å². The summed E-state index contributed by atoms with van der Waals surface area (Å²) >= 11 is 0. The molecule has 0 radical (unpaired) electrons. The second-order valence-corrected chi connectivity index (χ2v) is 6.74. The molecule has 0 fully saturated rings. The van der Waals surface area contributed by atoms with Crippen LogP contribution in [-0.4, -0.2) is 41.1 Å². The van der Waals surface area contributed by atoms with Crippen LogP contribution >= 0.6 is 0 Å². The van der Waals surface area contributed by atoms with Gasteiger partial charge >= 0.3 is 0 Å². The quantitative estimate of drug-likeness (QED) is 0.668. The summed E-state index contributed by atoms with van der Waals surface area (Å²) in [7, 11) is 0. The second kappa shape index (κ2) is 8.22. The lowest BCUT2D eigenvalue weighted by Crippen LogP contribution is -2.25. The molecule has 150 valence electrons. The number of hydrogen-bond donors (Lipinski definition) is 2. The molecule has 0 bridgehead atoms. The molecule has 0 saturated heterocycles. The van der Waals surface area contributed by atoms with Crippen molar-refractivity contribution in [1.29, 1.82) is 0 Å². The third-order valence-electron chi connectivity index (χ3n) is 4.58. The van der Waals surface area contributed by atoms with E-state index < -0.39 is 0 Å².